The molecule has 0 unspecified atom stereocenters. The van der Waals surface area contributed by atoms with E-state index in [9.17, 15) is 14.9 Å². The zero-order valence-corrected chi connectivity index (χ0v) is 7.79. The zero-order valence-electron chi connectivity index (χ0n) is 7.79. The van der Waals surface area contributed by atoms with Gasteiger partial charge in [-0.25, -0.2) is 0 Å². The molecule has 78 valence electrons. The summed E-state index contributed by atoms with van der Waals surface area (Å²) in [5, 5.41) is 10.4. The van der Waals surface area contributed by atoms with E-state index in [-0.39, 0.29) is 12.1 Å². The number of primary amides is 1. The van der Waals surface area contributed by atoms with Gasteiger partial charge in [0, 0.05) is 24.8 Å². The highest BCUT2D eigenvalue weighted by atomic mass is 16.6. The fourth-order valence-electron chi connectivity index (χ4n) is 0.937. The van der Waals surface area contributed by atoms with Crippen molar-refractivity contribution in [3.63, 3.8) is 0 Å². The molecule has 1 amide bonds. The smallest absolute Gasteiger partial charge is 0.273 e. The largest absolute Gasteiger partial charge is 0.369 e. The van der Waals surface area contributed by atoms with Crippen LogP contribution in [0.5, 0.6) is 0 Å². The molecule has 6 heteroatoms. The molecular formula is C9H9N3O3. The van der Waals surface area contributed by atoms with E-state index in [4.69, 9.17) is 5.73 Å². The van der Waals surface area contributed by atoms with E-state index in [1.54, 1.807) is 0 Å². The van der Waals surface area contributed by atoms with Crippen LogP contribution in [0.2, 0.25) is 0 Å². The highest BCUT2D eigenvalue weighted by molar-refractivity contribution is 5.76. The van der Waals surface area contributed by atoms with Crippen LogP contribution < -0.4 is 5.73 Å². The van der Waals surface area contributed by atoms with E-state index in [2.05, 4.69) is 4.98 Å². The molecule has 0 bridgehead atoms. The Balaban J connectivity index is 2.78. The van der Waals surface area contributed by atoms with E-state index in [1.165, 1.54) is 30.5 Å². The molecule has 0 aliphatic carbocycles. The molecule has 0 saturated heterocycles. The second-order valence-electron chi connectivity index (χ2n) is 2.77. The van der Waals surface area contributed by atoms with Gasteiger partial charge in [0.2, 0.25) is 5.91 Å². The summed E-state index contributed by atoms with van der Waals surface area (Å²) in [7, 11) is 0. The second-order valence-corrected chi connectivity index (χ2v) is 2.77. The topological polar surface area (TPSA) is 99.1 Å². The zero-order chi connectivity index (χ0) is 11.3. The minimum atomic E-state index is -0.507. The Hall–Kier alpha value is -2.24. The van der Waals surface area contributed by atoms with Crippen molar-refractivity contribution in [2.45, 2.75) is 6.42 Å². The van der Waals surface area contributed by atoms with Gasteiger partial charge in [-0.3, -0.25) is 19.9 Å². The number of pyridine rings is 1. The maximum atomic E-state index is 10.4. The molecule has 2 N–H and O–H groups in total. The molecule has 1 rings (SSSR count). The summed E-state index contributed by atoms with van der Waals surface area (Å²) in [5.74, 6) is -0.461. The molecule has 0 spiro atoms. The molecule has 0 aromatic carbocycles. The van der Waals surface area contributed by atoms with Gasteiger partial charge in [-0.05, 0) is 6.08 Å². The first-order valence-corrected chi connectivity index (χ1v) is 4.15. The summed E-state index contributed by atoms with van der Waals surface area (Å²) in [5.41, 5.74) is 5.30. The van der Waals surface area contributed by atoms with Gasteiger partial charge in [0.1, 0.15) is 0 Å². The van der Waals surface area contributed by atoms with Crippen molar-refractivity contribution in [3.05, 3.63) is 40.2 Å². The number of aromatic nitrogens is 1. The quantitative estimate of drug-likeness (QED) is 0.585. The van der Waals surface area contributed by atoms with Crippen molar-refractivity contribution >= 4 is 17.7 Å². The normalized spacial score (nSPS) is 10.4. The van der Waals surface area contributed by atoms with Crippen LogP contribution in [0.4, 0.5) is 5.69 Å². The molecular weight excluding hydrogens is 198 g/mol. The first-order chi connectivity index (χ1) is 7.09. The number of nitrogens with zero attached hydrogens (tertiary/aromatic N) is 2. The second kappa shape index (κ2) is 4.85. The lowest BCUT2D eigenvalue weighted by Gasteiger charge is -1.92. The van der Waals surface area contributed by atoms with Gasteiger partial charge in [0.25, 0.3) is 5.69 Å². The summed E-state index contributed by atoms with van der Waals surface area (Å²) < 4.78 is 0. The highest BCUT2D eigenvalue weighted by Gasteiger charge is 2.04. The number of nitro groups is 1. The van der Waals surface area contributed by atoms with Gasteiger partial charge in [0.05, 0.1) is 10.6 Å². The standard InChI is InChI=1S/C9H9N3O3/c10-9(13)3-1-2-7-6-8(12(14)15)4-5-11-7/h1-2,4-6H,3H2,(H2,10,13). The number of carbonyl (C=O) groups is 1. The van der Waals surface area contributed by atoms with Crippen LogP contribution in [-0.2, 0) is 4.79 Å². The Bertz CT molecular complexity index is 415. The first-order valence-electron chi connectivity index (χ1n) is 4.15. The van der Waals surface area contributed by atoms with Crippen LogP contribution >= 0.6 is 0 Å². The average molecular weight is 207 g/mol. The van der Waals surface area contributed by atoms with Gasteiger partial charge in [-0.2, -0.15) is 0 Å². The molecule has 0 saturated carbocycles. The van der Waals surface area contributed by atoms with E-state index in [1.807, 2.05) is 0 Å². The predicted molar refractivity (Wildman–Crippen MR) is 53.7 cm³/mol. The monoisotopic (exact) mass is 207 g/mol. The predicted octanol–water partition coefficient (Wildman–Crippen LogP) is 0.878. The third-order valence-electron chi connectivity index (χ3n) is 1.58. The number of hydrogen-bond donors (Lipinski definition) is 1. The number of rotatable bonds is 4. The van der Waals surface area contributed by atoms with Gasteiger partial charge in [0.15, 0.2) is 0 Å². The lowest BCUT2D eigenvalue weighted by atomic mass is 10.2. The molecule has 0 fully saturated rings. The first kappa shape index (κ1) is 10.8. The van der Waals surface area contributed by atoms with Crippen LogP contribution in [0.3, 0.4) is 0 Å². The molecule has 1 heterocycles. The summed E-state index contributed by atoms with van der Waals surface area (Å²) >= 11 is 0. The minimum absolute atomic E-state index is 0.0382. The van der Waals surface area contributed by atoms with Crippen LogP contribution in [0.25, 0.3) is 6.08 Å². The fourth-order valence-corrected chi connectivity index (χ4v) is 0.937. The van der Waals surface area contributed by atoms with E-state index < -0.39 is 10.8 Å². The molecule has 1 aromatic rings. The number of nitrogens with two attached hydrogens (primary N) is 1. The molecule has 6 nitrogen and oxygen atoms in total. The summed E-state index contributed by atoms with van der Waals surface area (Å²) in [6, 6.07) is 2.61. The Labute approximate surface area is 85.6 Å². The Morgan fingerprint density at radius 3 is 3.00 bits per heavy atom. The van der Waals surface area contributed by atoms with Gasteiger partial charge in [-0.1, -0.05) is 6.08 Å². The average Bonchev–Trinajstić information content (AvgIpc) is 2.17. The summed E-state index contributed by atoms with van der Waals surface area (Å²) in [6.07, 6.45) is 4.44. The summed E-state index contributed by atoms with van der Waals surface area (Å²) in [6.45, 7) is 0. The van der Waals surface area contributed by atoms with Crippen LogP contribution in [0.15, 0.2) is 24.4 Å². The molecule has 0 radical (unpaired) electrons. The van der Waals surface area contributed by atoms with Crippen LogP contribution in [0.1, 0.15) is 12.1 Å². The van der Waals surface area contributed by atoms with E-state index in [0.717, 1.165) is 0 Å². The number of hydrogen-bond acceptors (Lipinski definition) is 4. The van der Waals surface area contributed by atoms with Crippen molar-refractivity contribution in [3.8, 4) is 0 Å². The Morgan fingerprint density at radius 2 is 2.40 bits per heavy atom. The maximum absolute atomic E-state index is 10.4. The third kappa shape index (κ3) is 3.55. The van der Waals surface area contributed by atoms with E-state index >= 15 is 0 Å². The summed E-state index contributed by atoms with van der Waals surface area (Å²) in [4.78, 5) is 24.2. The maximum Gasteiger partial charge on any atom is 0.273 e. The SMILES string of the molecule is NC(=O)CC=Cc1cc([N+](=O)[O-])ccn1. The third-order valence-corrected chi connectivity index (χ3v) is 1.58. The van der Waals surface area contributed by atoms with E-state index in [0.29, 0.717) is 5.69 Å². The van der Waals surface area contributed by atoms with Crippen molar-refractivity contribution in [2.24, 2.45) is 5.73 Å². The Kier molecular flexibility index (Phi) is 3.50. The highest BCUT2D eigenvalue weighted by Crippen LogP contribution is 2.11. The van der Waals surface area contributed by atoms with Gasteiger partial charge < -0.3 is 5.73 Å². The van der Waals surface area contributed by atoms with Crippen molar-refractivity contribution < 1.29 is 9.72 Å². The molecule has 0 aliphatic heterocycles. The van der Waals surface area contributed by atoms with Gasteiger partial charge in [-0.15, -0.1) is 0 Å². The Morgan fingerprint density at radius 1 is 1.67 bits per heavy atom. The van der Waals surface area contributed by atoms with Crippen LogP contribution in [0, 0.1) is 10.1 Å². The lowest BCUT2D eigenvalue weighted by Crippen LogP contribution is -2.07. The van der Waals surface area contributed by atoms with Crippen molar-refractivity contribution in [1.82, 2.24) is 4.98 Å². The molecule has 15 heavy (non-hydrogen) atoms. The number of amides is 1. The number of carbonyl (C=O) groups excluding carboxylic acids is 1. The van der Waals surface area contributed by atoms with Crippen molar-refractivity contribution in [2.75, 3.05) is 0 Å². The van der Waals surface area contributed by atoms with Crippen LogP contribution in [-0.4, -0.2) is 15.8 Å². The molecule has 0 aliphatic rings. The van der Waals surface area contributed by atoms with Crippen molar-refractivity contribution in [1.29, 1.82) is 0 Å². The molecule has 0 atom stereocenters. The fraction of sp³-hybridized carbons (Fsp3) is 0.111. The van der Waals surface area contributed by atoms with Gasteiger partial charge >= 0.3 is 0 Å². The lowest BCUT2D eigenvalue weighted by molar-refractivity contribution is -0.384. The molecule has 1 aromatic heterocycles. The minimum Gasteiger partial charge on any atom is -0.369 e.